The van der Waals surface area contributed by atoms with Crippen LogP contribution in [0.5, 0.6) is 0 Å². The van der Waals surface area contributed by atoms with Gasteiger partial charge in [-0.2, -0.15) is 0 Å². The van der Waals surface area contributed by atoms with E-state index in [4.69, 9.17) is 4.74 Å². The lowest BCUT2D eigenvalue weighted by atomic mass is 9.35. The normalized spacial score (nSPS) is 56.2. The molecule has 3 heteroatoms. The van der Waals surface area contributed by atoms with Crippen LogP contribution >= 0.6 is 0 Å². The van der Waals surface area contributed by atoms with Crippen LogP contribution in [0.4, 0.5) is 0 Å². The minimum absolute atomic E-state index is 0.0293. The van der Waals surface area contributed by atoms with Crippen molar-refractivity contribution in [1.29, 1.82) is 0 Å². The zero-order chi connectivity index (χ0) is 24.2. The minimum Gasteiger partial charge on any atom is -0.393 e. The molecule has 0 radical (unpaired) electrons. The number of hydrogen-bond acceptors (Lipinski definition) is 3. The van der Waals surface area contributed by atoms with Crippen LogP contribution in [0.15, 0.2) is 0 Å². The quantitative estimate of drug-likeness (QED) is 0.480. The number of rotatable bonds is 2. The molecule has 0 aromatic heterocycles. The fourth-order valence-electron chi connectivity index (χ4n) is 11.1. The predicted molar refractivity (Wildman–Crippen MR) is 134 cm³/mol. The second-order valence-corrected chi connectivity index (χ2v) is 15.3. The zero-order valence-electron chi connectivity index (χ0n) is 22.8. The van der Waals surface area contributed by atoms with Crippen LogP contribution in [0.2, 0.25) is 0 Å². The number of ether oxygens (including phenoxy) is 1. The molecule has 10 atom stereocenters. The summed E-state index contributed by atoms with van der Waals surface area (Å²) in [5.74, 6) is 2.73. The van der Waals surface area contributed by atoms with Gasteiger partial charge in [0.2, 0.25) is 0 Å². The molecular formula is C30H52O3. The molecule has 190 valence electrons. The van der Waals surface area contributed by atoms with E-state index in [0.29, 0.717) is 28.1 Å². The Balaban J connectivity index is 1.44. The average Bonchev–Trinajstić information content (AvgIpc) is 3.27. The van der Waals surface area contributed by atoms with E-state index in [9.17, 15) is 10.2 Å². The summed E-state index contributed by atoms with van der Waals surface area (Å²) in [6, 6.07) is 0. The maximum Gasteiger partial charge on any atom is 0.0865 e. The van der Waals surface area contributed by atoms with Gasteiger partial charge in [0, 0.05) is 0 Å². The third-order valence-electron chi connectivity index (χ3n) is 13.3. The smallest absolute Gasteiger partial charge is 0.0865 e. The first-order chi connectivity index (χ1) is 15.1. The second-order valence-electron chi connectivity index (χ2n) is 15.3. The van der Waals surface area contributed by atoms with E-state index < -0.39 is 5.60 Å². The Hall–Kier alpha value is -0.120. The molecule has 0 aromatic rings. The summed E-state index contributed by atoms with van der Waals surface area (Å²) in [5.41, 5.74) is 0.277. The van der Waals surface area contributed by atoms with Gasteiger partial charge >= 0.3 is 0 Å². The fourth-order valence-corrected chi connectivity index (χ4v) is 11.1. The van der Waals surface area contributed by atoms with Crippen molar-refractivity contribution in [3.05, 3.63) is 0 Å². The van der Waals surface area contributed by atoms with Gasteiger partial charge in [0.25, 0.3) is 0 Å². The Morgan fingerprint density at radius 2 is 1.36 bits per heavy atom. The fraction of sp³-hybridized carbons (Fsp3) is 1.00. The molecule has 0 amide bonds. The molecule has 1 aliphatic heterocycles. The van der Waals surface area contributed by atoms with E-state index in [1.54, 1.807) is 0 Å². The van der Waals surface area contributed by atoms with Crippen molar-refractivity contribution < 1.29 is 14.9 Å². The van der Waals surface area contributed by atoms with E-state index in [2.05, 4.69) is 41.5 Å². The monoisotopic (exact) mass is 460 g/mol. The van der Waals surface area contributed by atoms with E-state index in [1.807, 2.05) is 13.8 Å². The molecular weight excluding hydrogens is 408 g/mol. The minimum atomic E-state index is -0.755. The van der Waals surface area contributed by atoms with E-state index in [-0.39, 0.29) is 23.2 Å². The van der Waals surface area contributed by atoms with Gasteiger partial charge in [0.1, 0.15) is 0 Å². The predicted octanol–water partition coefficient (Wildman–Crippen LogP) is 6.74. The van der Waals surface area contributed by atoms with Crippen LogP contribution in [0.1, 0.15) is 120 Å². The van der Waals surface area contributed by atoms with Gasteiger partial charge in [-0.3, -0.25) is 0 Å². The molecule has 1 saturated heterocycles. The Morgan fingerprint density at radius 1 is 0.697 bits per heavy atom. The first-order valence-electron chi connectivity index (χ1n) is 14.2. The second kappa shape index (κ2) is 7.22. The average molecular weight is 461 g/mol. The maximum atomic E-state index is 10.9. The van der Waals surface area contributed by atoms with Gasteiger partial charge in [-0.1, -0.05) is 34.6 Å². The molecule has 2 N–H and O–H groups in total. The van der Waals surface area contributed by atoms with Crippen molar-refractivity contribution in [1.82, 2.24) is 0 Å². The van der Waals surface area contributed by atoms with Gasteiger partial charge in [-0.15, -0.1) is 0 Å². The standard InChI is InChI=1S/C30H52O3/c1-25(2)21-12-17-29(7)22(27(21,5)15-13-23(25)31)10-9-19-20(11-16-28(19,29)6)30(8)18-14-24(33-30)26(3,4)32/h19-24,31-32H,9-18H2,1-8H3/t19-,20+,21-,22+,23-,24-,27+,28-,29-,30+/m1/s1. The first-order valence-corrected chi connectivity index (χ1v) is 14.2. The molecule has 3 nitrogen and oxygen atoms in total. The lowest BCUT2D eigenvalue weighted by Gasteiger charge is -2.70. The highest BCUT2D eigenvalue weighted by molar-refractivity contribution is 5.18. The molecule has 33 heavy (non-hydrogen) atoms. The highest BCUT2D eigenvalue weighted by atomic mass is 16.5. The van der Waals surface area contributed by atoms with Crippen molar-refractivity contribution in [3.8, 4) is 0 Å². The lowest BCUT2D eigenvalue weighted by molar-refractivity contribution is -0.227. The van der Waals surface area contributed by atoms with Crippen molar-refractivity contribution >= 4 is 0 Å². The Kier molecular flexibility index (Phi) is 5.38. The first kappa shape index (κ1) is 24.6. The highest BCUT2D eigenvalue weighted by Gasteiger charge is 2.70. The van der Waals surface area contributed by atoms with Gasteiger partial charge in [0.15, 0.2) is 0 Å². The van der Waals surface area contributed by atoms with E-state index >= 15 is 0 Å². The van der Waals surface area contributed by atoms with Crippen LogP contribution in [0, 0.1) is 45.3 Å². The van der Waals surface area contributed by atoms with Crippen LogP contribution in [-0.4, -0.2) is 33.6 Å². The molecule has 1 heterocycles. The number of aliphatic hydroxyl groups is 2. The molecule has 5 fully saturated rings. The molecule has 0 bridgehead atoms. The zero-order valence-corrected chi connectivity index (χ0v) is 22.8. The Bertz CT molecular complexity index is 784. The number of hydrogen-bond donors (Lipinski definition) is 2. The van der Waals surface area contributed by atoms with Gasteiger partial charge in [0.05, 0.1) is 23.4 Å². The molecule has 0 spiro atoms. The van der Waals surface area contributed by atoms with Gasteiger partial charge < -0.3 is 14.9 Å². The molecule has 4 saturated carbocycles. The molecule has 0 aromatic carbocycles. The van der Waals surface area contributed by atoms with Crippen molar-refractivity contribution in [2.45, 2.75) is 143 Å². The molecule has 5 aliphatic rings. The van der Waals surface area contributed by atoms with Gasteiger partial charge in [-0.05, 0) is 130 Å². The van der Waals surface area contributed by atoms with Crippen LogP contribution in [0.3, 0.4) is 0 Å². The molecule has 5 rings (SSSR count). The number of aliphatic hydroxyl groups excluding tert-OH is 1. The van der Waals surface area contributed by atoms with E-state index in [0.717, 1.165) is 31.1 Å². The summed E-state index contributed by atoms with van der Waals surface area (Å²) >= 11 is 0. The Morgan fingerprint density at radius 3 is 2.00 bits per heavy atom. The summed E-state index contributed by atoms with van der Waals surface area (Å²) in [4.78, 5) is 0. The third-order valence-corrected chi connectivity index (χ3v) is 13.3. The summed E-state index contributed by atoms with van der Waals surface area (Å²) in [6.07, 6.45) is 11.9. The lowest BCUT2D eigenvalue weighted by Crippen LogP contribution is -2.64. The largest absolute Gasteiger partial charge is 0.393 e. The topological polar surface area (TPSA) is 49.7 Å². The van der Waals surface area contributed by atoms with Crippen LogP contribution < -0.4 is 0 Å². The van der Waals surface area contributed by atoms with Crippen molar-refractivity contribution in [3.63, 3.8) is 0 Å². The summed E-state index contributed by atoms with van der Waals surface area (Å²) in [6.45, 7) is 18.8. The van der Waals surface area contributed by atoms with Crippen molar-refractivity contribution in [2.24, 2.45) is 45.3 Å². The Labute approximate surface area is 203 Å². The SMILES string of the molecule is CC(C)(O)[C@H]1CC[C@@](C)([C@H]2CC[C@]3(C)[C@@H]2CC[C@H]2[C@@]4(C)CC[C@@H](O)C(C)(C)[C@H]4CC[C@]23C)O1. The van der Waals surface area contributed by atoms with E-state index in [1.165, 1.54) is 44.9 Å². The summed E-state index contributed by atoms with van der Waals surface area (Å²) in [5, 5.41) is 21.5. The molecule has 4 aliphatic carbocycles. The maximum absolute atomic E-state index is 10.9. The summed E-state index contributed by atoms with van der Waals surface area (Å²) in [7, 11) is 0. The van der Waals surface area contributed by atoms with Crippen LogP contribution in [0.25, 0.3) is 0 Å². The summed E-state index contributed by atoms with van der Waals surface area (Å²) < 4.78 is 6.73. The highest BCUT2D eigenvalue weighted by Crippen LogP contribution is 2.76. The van der Waals surface area contributed by atoms with Gasteiger partial charge in [-0.25, -0.2) is 0 Å². The van der Waals surface area contributed by atoms with Crippen molar-refractivity contribution in [2.75, 3.05) is 0 Å². The van der Waals surface area contributed by atoms with Crippen LogP contribution in [-0.2, 0) is 4.74 Å². The molecule has 0 unspecified atom stereocenters. The third kappa shape index (κ3) is 3.16. The number of fused-ring (bicyclic) bond motifs is 5.